The molecule has 1 aliphatic carbocycles. The number of aldehydes is 1. The summed E-state index contributed by atoms with van der Waals surface area (Å²) in [6.07, 6.45) is 3.05. The van der Waals surface area contributed by atoms with Gasteiger partial charge in [-0.15, -0.1) is 0 Å². The molecule has 1 saturated carbocycles. The molecule has 3 heteroatoms. The first kappa shape index (κ1) is 16.3. The molecule has 4 rings (SSSR count). The van der Waals surface area contributed by atoms with Crippen LogP contribution in [0.4, 0.5) is 4.39 Å². The van der Waals surface area contributed by atoms with E-state index in [9.17, 15) is 9.18 Å². The van der Waals surface area contributed by atoms with E-state index >= 15 is 0 Å². The van der Waals surface area contributed by atoms with Crippen molar-refractivity contribution in [3.8, 4) is 11.1 Å². The maximum Gasteiger partial charge on any atom is 0.152 e. The molecule has 0 N–H and O–H groups in total. The fourth-order valence-corrected chi connectivity index (χ4v) is 2.96. The monoisotopic (exact) mass is 321 g/mol. The van der Waals surface area contributed by atoms with Crippen LogP contribution < -0.4 is 0 Å². The molecule has 0 unspecified atom stereocenters. The van der Waals surface area contributed by atoms with Crippen LogP contribution in [0.5, 0.6) is 0 Å². The molecule has 2 nitrogen and oxygen atoms in total. The number of halogens is 1. The Labute approximate surface area is 141 Å². The summed E-state index contributed by atoms with van der Waals surface area (Å²) in [4.78, 5) is 16.5. The zero-order valence-electron chi connectivity index (χ0n) is 13.9. The average Bonchev–Trinajstić information content (AvgIpc) is 3.47. The third-order valence-electron chi connectivity index (χ3n) is 4.17. The first-order valence-electron chi connectivity index (χ1n) is 8.41. The Morgan fingerprint density at radius 1 is 1.04 bits per heavy atom. The second-order valence-corrected chi connectivity index (χ2v) is 5.70. The molecule has 0 bridgehead atoms. The number of rotatable bonds is 3. The molecule has 1 fully saturated rings. The molecule has 0 atom stereocenters. The Morgan fingerprint density at radius 3 is 2.33 bits per heavy atom. The van der Waals surface area contributed by atoms with Crippen molar-refractivity contribution in [1.29, 1.82) is 0 Å². The minimum atomic E-state index is -0.280. The minimum Gasteiger partial charge on any atom is -0.298 e. The highest BCUT2D eigenvalue weighted by molar-refractivity contribution is 6.03. The molecular weight excluding hydrogens is 301 g/mol. The van der Waals surface area contributed by atoms with Gasteiger partial charge >= 0.3 is 0 Å². The van der Waals surface area contributed by atoms with E-state index in [1.165, 1.54) is 12.1 Å². The smallest absolute Gasteiger partial charge is 0.152 e. The summed E-state index contributed by atoms with van der Waals surface area (Å²) < 4.78 is 13.2. The zero-order valence-corrected chi connectivity index (χ0v) is 13.9. The Balaban J connectivity index is 0.000000815. The molecule has 1 aromatic heterocycles. The van der Waals surface area contributed by atoms with Crippen molar-refractivity contribution in [1.82, 2.24) is 4.98 Å². The molecule has 1 aliphatic rings. The van der Waals surface area contributed by atoms with E-state index in [0.29, 0.717) is 11.5 Å². The van der Waals surface area contributed by atoms with Crippen molar-refractivity contribution in [3.05, 3.63) is 65.6 Å². The maximum absolute atomic E-state index is 13.2. The van der Waals surface area contributed by atoms with Crippen LogP contribution >= 0.6 is 0 Å². The van der Waals surface area contributed by atoms with E-state index in [2.05, 4.69) is 0 Å². The van der Waals surface area contributed by atoms with E-state index < -0.39 is 0 Å². The van der Waals surface area contributed by atoms with Gasteiger partial charge in [-0.1, -0.05) is 44.2 Å². The number of benzene rings is 2. The van der Waals surface area contributed by atoms with Crippen LogP contribution in [0, 0.1) is 5.82 Å². The number of para-hydroxylation sites is 1. The quantitative estimate of drug-likeness (QED) is 0.574. The number of carbonyl (C=O) groups is 1. The summed E-state index contributed by atoms with van der Waals surface area (Å²) in [5, 5.41) is 0.931. The van der Waals surface area contributed by atoms with Crippen molar-refractivity contribution in [2.45, 2.75) is 32.6 Å². The summed E-state index contributed by atoms with van der Waals surface area (Å²) >= 11 is 0. The number of carbonyl (C=O) groups excluding carboxylic acids is 1. The van der Waals surface area contributed by atoms with Gasteiger partial charge in [-0.25, -0.2) is 4.39 Å². The normalized spacial score (nSPS) is 13.3. The van der Waals surface area contributed by atoms with E-state index in [-0.39, 0.29) is 5.82 Å². The number of aromatic nitrogens is 1. The van der Waals surface area contributed by atoms with Gasteiger partial charge in [0.25, 0.3) is 0 Å². The lowest BCUT2D eigenvalue weighted by Crippen LogP contribution is -2.00. The second-order valence-electron chi connectivity index (χ2n) is 5.70. The molecule has 0 aliphatic heterocycles. The van der Waals surface area contributed by atoms with Gasteiger partial charge in [-0.2, -0.15) is 0 Å². The van der Waals surface area contributed by atoms with E-state index in [1.54, 1.807) is 12.1 Å². The highest BCUT2D eigenvalue weighted by Gasteiger charge is 2.30. The van der Waals surface area contributed by atoms with Gasteiger partial charge in [-0.05, 0) is 36.6 Å². The molecule has 122 valence electrons. The molecule has 0 saturated heterocycles. The van der Waals surface area contributed by atoms with Crippen LogP contribution in [0.25, 0.3) is 22.0 Å². The zero-order chi connectivity index (χ0) is 17.1. The van der Waals surface area contributed by atoms with E-state index in [1.807, 2.05) is 38.1 Å². The van der Waals surface area contributed by atoms with Gasteiger partial charge in [0.1, 0.15) is 5.82 Å². The SMILES string of the molecule is CC.O=Cc1c(C2CC2)nc2ccccc2c1-c1ccc(F)cc1. The average molecular weight is 321 g/mol. The molecular formula is C21H20FNO. The summed E-state index contributed by atoms with van der Waals surface area (Å²) in [7, 11) is 0. The fraction of sp³-hybridized carbons (Fsp3) is 0.238. The number of nitrogens with zero attached hydrogens (tertiary/aromatic N) is 1. The third kappa shape index (κ3) is 2.94. The van der Waals surface area contributed by atoms with Gasteiger partial charge in [0.15, 0.2) is 6.29 Å². The predicted octanol–water partition coefficient (Wildman–Crippen LogP) is 5.76. The lowest BCUT2D eigenvalue weighted by Gasteiger charge is -2.13. The van der Waals surface area contributed by atoms with Gasteiger partial charge < -0.3 is 0 Å². The van der Waals surface area contributed by atoms with Crippen molar-refractivity contribution in [2.75, 3.05) is 0 Å². The molecule has 1 heterocycles. The molecule has 2 aromatic carbocycles. The Bertz CT molecular complexity index is 867. The number of hydrogen-bond donors (Lipinski definition) is 0. The molecule has 24 heavy (non-hydrogen) atoms. The highest BCUT2D eigenvalue weighted by Crippen LogP contribution is 2.44. The summed E-state index contributed by atoms with van der Waals surface area (Å²) in [6, 6.07) is 14.1. The van der Waals surface area contributed by atoms with Crippen LogP contribution in [0.15, 0.2) is 48.5 Å². The molecule has 0 spiro atoms. The van der Waals surface area contributed by atoms with Crippen LogP contribution in [-0.2, 0) is 0 Å². The molecule has 0 radical (unpaired) electrons. The Morgan fingerprint density at radius 2 is 1.71 bits per heavy atom. The van der Waals surface area contributed by atoms with Crippen LogP contribution in [-0.4, -0.2) is 11.3 Å². The highest BCUT2D eigenvalue weighted by atomic mass is 19.1. The van der Waals surface area contributed by atoms with Crippen molar-refractivity contribution in [3.63, 3.8) is 0 Å². The van der Waals surface area contributed by atoms with Crippen molar-refractivity contribution in [2.24, 2.45) is 0 Å². The first-order chi connectivity index (χ1) is 11.8. The number of hydrogen-bond acceptors (Lipinski definition) is 2. The minimum absolute atomic E-state index is 0.280. The van der Waals surface area contributed by atoms with Gasteiger partial charge in [0.05, 0.1) is 11.2 Å². The maximum atomic E-state index is 13.2. The van der Waals surface area contributed by atoms with Gasteiger partial charge in [0.2, 0.25) is 0 Å². The van der Waals surface area contributed by atoms with E-state index in [0.717, 1.165) is 46.9 Å². The first-order valence-corrected chi connectivity index (χ1v) is 8.41. The van der Waals surface area contributed by atoms with Crippen molar-refractivity contribution < 1.29 is 9.18 Å². The Kier molecular flexibility index (Phi) is 4.70. The Hall–Kier alpha value is -2.55. The van der Waals surface area contributed by atoms with E-state index in [4.69, 9.17) is 4.98 Å². The van der Waals surface area contributed by atoms with Crippen molar-refractivity contribution >= 4 is 17.2 Å². The van der Waals surface area contributed by atoms with Gasteiger partial charge in [0, 0.05) is 22.4 Å². The standard InChI is InChI=1S/C19H14FNO.C2H6/c20-14-9-7-12(8-10-14)18-15-3-1-2-4-17(15)21-19(13-5-6-13)16(18)11-22;1-2/h1-4,7-11,13H,5-6H2;1-2H3. The van der Waals surface area contributed by atoms with Crippen LogP contribution in [0.1, 0.15) is 48.7 Å². The number of pyridine rings is 1. The van der Waals surface area contributed by atoms with Crippen LogP contribution in [0.3, 0.4) is 0 Å². The summed E-state index contributed by atoms with van der Waals surface area (Å²) in [5.41, 5.74) is 4.13. The largest absolute Gasteiger partial charge is 0.298 e. The topological polar surface area (TPSA) is 30.0 Å². The lowest BCUT2D eigenvalue weighted by atomic mass is 9.93. The fourth-order valence-electron chi connectivity index (χ4n) is 2.96. The lowest BCUT2D eigenvalue weighted by molar-refractivity contribution is 0.112. The predicted molar refractivity (Wildman–Crippen MR) is 95.8 cm³/mol. The third-order valence-corrected chi connectivity index (χ3v) is 4.17. The number of fused-ring (bicyclic) bond motifs is 1. The summed E-state index contributed by atoms with van der Waals surface area (Å²) in [6.45, 7) is 4.00. The molecule has 0 amide bonds. The second kappa shape index (κ2) is 6.91. The summed E-state index contributed by atoms with van der Waals surface area (Å²) in [5.74, 6) is 0.0983. The van der Waals surface area contributed by atoms with Crippen LogP contribution in [0.2, 0.25) is 0 Å². The van der Waals surface area contributed by atoms with Gasteiger partial charge in [-0.3, -0.25) is 9.78 Å². The molecule has 3 aromatic rings.